The first-order chi connectivity index (χ1) is 6.84. The van der Waals surface area contributed by atoms with Crippen molar-refractivity contribution in [2.45, 2.75) is 31.8 Å². The summed E-state index contributed by atoms with van der Waals surface area (Å²) in [5.74, 6) is -0.0545. The average Bonchev–Trinajstić information content (AvgIpc) is 2.63. The van der Waals surface area contributed by atoms with Crippen molar-refractivity contribution in [3.63, 3.8) is 0 Å². The maximum Gasteiger partial charge on any atom is 0.306 e. The number of rotatable bonds is 3. The second-order valence-electron chi connectivity index (χ2n) is 3.55. The van der Waals surface area contributed by atoms with E-state index in [1.807, 2.05) is 18.3 Å². The predicted octanol–water partition coefficient (Wildman–Crippen LogP) is 1.72. The van der Waals surface area contributed by atoms with Crippen molar-refractivity contribution in [2.24, 2.45) is 0 Å². The summed E-state index contributed by atoms with van der Waals surface area (Å²) in [4.78, 5) is 14.9. The second kappa shape index (κ2) is 4.22. The molecule has 0 radical (unpaired) electrons. The molecule has 0 unspecified atom stereocenters. The number of carbonyl (C=O) groups excluding carboxylic acids is 1. The van der Waals surface area contributed by atoms with Crippen LogP contribution in [0.15, 0.2) is 24.5 Å². The van der Waals surface area contributed by atoms with Gasteiger partial charge in [0, 0.05) is 18.8 Å². The zero-order valence-corrected chi connectivity index (χ0v) is 7.98. The molecule has 2 heterocycles. The van der Waals surface area contributed by atoms with E-state index in [2.05, 4.69) is 4.98 Å². The number of ether oxygens (including phenoxy) is 1. The van der Waals surface area contributed by atoms with Gasteiger partial charge in [0.2, 0.25) is 0 Å². The minimum absolute atomic E-state index is 0.0545. The number of cyclic esters (lactones) is 1. The third-order valence-corrected chi connectivity index (χ3v) is 2.45. The van der Waals surface area contributed by atoms with Crippen molar-refractivity contribution in [1.29, 1.82) is 0 Å². The van der Waals surface area contributed by atoms with Crippen LogP contribution in [0, 0.1) is 0 Å². The highest BCUT2D eigenvalue weighted by Crippen LogP contribution is 2.18. The van der Waals surface area contributed by atoms with Crippen LogP contribution in [0.4, 0.5) is 0 Å². The molecule has 0 bridgehead atoms. The molecule has 74 valence electrons. The van der Waals surface area contributed by atoms with Gasteiger partial charge in [-0.05, 0) is 30.9 Å². The molecule has 0 N–H and O–H groups in total. The lowest BCUT2D eigenvalue weighted by Crippen LogP contribution is -2.07. The van der Waals surface area contributed by atoms with E-state index in [-0.39, 0.29) is 12.1 Å². The fourth-order valence-electron chi connectivity index (χ4n) is 1.66. The van der Waals surface area contributed by atoms with Crippen molar-refractivity contribution >= 4 is 5.97 Å². The van der Waals surface area contributed by atoms with Crippen LogP contribution in [-0.2, 0) is 16.0 Å². The van der Waals surface area contributed by atoms with Gasteiger partial charge in [-0.1, -0.05) is 6.07 Å². The lowest BCUT2D eigenvalue weighted by Gasteiger charge is -2.07. The van der Waals surface area contributed by atoms with Crippen LogP contribution in [0.25, 0.3) is 0 Å². The highest BCUT2D eigenvalue weighted by molar-refractivity contribution is 5.71. The van der Waals surface area contributed by atoms with Crippen LogP contribution < -0.4 is 0 Å². The van der Waals surface area contributed by atoms with Gasteiger partial charge in [-0.3, -0.25) is 9.78 Å². The topological polar surface area (TPSA) is 39.2 Å². The van der Waals surface area contributed by atoms with E-state index in [0.29, 0.717) is 6.42 Å². The zero-order valence-electron chi connectivity index (χ0n) is 7.98. The van der Waals surface area contributed by atoms with E-state index in [1.54, 1.807) is 6.20 Å². The van der Waals surface area contributed by atoms with E-state index in [4.69, 9.17) is 4.74 Å². The van der Waals surface area contributed by atoms with E-state index in [9.17, 15) is 4.79 Å². The number of nitrogens with zero attached hydrogens (tertiary/aromatic N) is 1. The molecule has 1 atom stereocenters. The van der Waals surface area contributed by atoms with Crippen molar-refractivity contribution in [3.8, 4) is 0 Å². The number of hydrogen-bond acceptors (Lipinski definition) is 3. The Bertz CT molecular complexity index is 310. The summed E-state index contributed by atoms with van der Waals surface area (Å²) in [6.45, 7) is 0. The van der Waals surface area contributed by atoms with Gasteiger partial charge in [-0.2, -0.15) is 0 Å². The van der Waals surface area contributed by atoms with Gasteiger partial charge < -0.3 is 4.74 Å². The smallest absolute Gasteiger partial charge is 0.306 e. The van der Waals surface area contributed by atoms with Crippen molar-refractivity contribution in [3.05, 3.63) is 30.1 Å². The Hall–Kier alpha value is -1.38. The average molecular weight is 191 g/mol. The third kappa shape index (κ3) is 2.31. The number of carbonyl (C=O) groups is 1. The summed E-state index contributed by atoms with van der Waals surface area (Å²) in [5.41, 5.74) is 1.20. The normalized spacial score (nSPS) is 20.9. The molecule has 1 aliphatic heterocycles. The van der Waals surface area contributed by atoms with Crippen LogP contribution in [0.2, 0.25) is 0 Å². The summed E-state index contributed by atoms with van der Waals surface area (Å²) in [6.07, 6.45) is 7.05. The van der Waals surface area contributed by atoms with E-state index in [1.165, 1.54) is 5.56 Å². The molecule has 0 aliphatic carbocycles. The summed E-state index contributed by atoms with van der Waals surface area (Å²) in [5, 5.41) is 0. The van der Waals surface area contributed by atoms with Crippen molar-refractivity contribution in [2.75, 3.05) is 0 Å². The Labute approximate surface area is 83.1 Å². The molecule has 0 spiro atoms. The molecule has 14 heavy (non-hydrogen) atoms. The number of esters is 1. The highest BCUT2D eigenvalue weighted by Gasteiger charge is 2.22. The Balaban J connectivity index is 1.80. The van der Waals surface area contributed by atoms with Gasteiger partial charge in [-0.15, -0.1) is 0 Å². The maximum absolute atomic E-state index is 10.8. The van der Waals surface area contributed by atoms with Gasteiger partial charge in [0.1, 0.15) is 6.10 Å². The van der Waals surface area contributed by atoms with Crippen LogP contribution in [0.1, 0.15) is 24.8 Å². The van der Waals surface area contributed by atoms with Crippen molar-refractivity contribution < 1.29 is 9.53 Å². The fourth-order valence-corrected chi connectivity index (χ4v) is 1.66. The van der Waals surface area contributed by atoms with Gasteiger partial charge in [0.05, 0.1) is 0 Å². The van der Waals surface area contributed by atoms with Gasteiger partial charge in [-0.25, -0.2) is 0 Å². The molecule has 0 amide bonds. The molecule has 1 fully saturated rings. The zero-order chi connectivity index (χ0) is 9.80. The Morgan fingerprint density at radius 1 is 1.57 bits per heavy atom. The van der Waals surface area contributed by atoms with Crippen LogP contribution in [0.3, 0.4) is 0 Å². The third-order valence-electron chi connectivity index (χ3n) is 2.45. The molecular weight excluding hydrogens is 178 g/mol. The monoisotopic (exact) mass is 191 g/mol. The van der Waals surface area contributed by atoms with Gasteiger partial charge in [0.15, 0.2) is 0 Å². The lowest BCUT2D eigenvalue weighted by atomic mass is 10.1. The Kier molecular flexibility index (Phi) is 2.77. The number of pyridine rings is 1. The second-order valence-corrected chi connectivity index (χ2v) is 3.55. The first-order valence-electron chi connectivity index (χ1n) is 4.93. The molecule has 0 aromatic carbocycles. The van der Waals surface area contributed by atoms with Crippen LogP contribution >= 0.6 is 0 Å². The summed E-state index contributed by atoms with van der Waals surface area (Å²) < 4.78 is 5.12. The Morgan fingerprint density at radius 3 is 3.14 bits per heavy atom. The minimum atomic E-state index is -0.0545. The van der Waals surface area contributed by atoms with Crippen LogP contribution in [0.5, 0.6) is 0 Å². The molecule has 0 saturated carbocycles. The SMILES string of the molecule is O=C1CC[C@H](CCc2cccnc2)O1. The number of hydrogen-bond donors (Lipinski definition) is 0. The van der Waals surface area contributed by atoms with Crippen LogP contribution in [-0.4, -0.2) is 17.1 Å². The molecule has 1 aliphatic rings. The minimum Gasteiger partial charge on any atom is -0.462 e. The first kappa shape index (κ1) is 9.19. The van der Waals surface area contributed by atoms with Crippen molar-refractivity contribution in [1.82, 2.24) is 4.98 Å². The summed E-state index contributed by atoms with van der Waals surface area (Å²) in [6, 6.07) is 3.97. The van der Waals surface area contributed by atoms with E-state index >= 15 is 0 Å². The molecular formula is C11H13NO2. The standard InChI is InChI=1S/C11H13NO2/c13-11-6-5-10(14-11)4-3-9-2-1-7-12-8-9/h1-2,7-8,10H,3-6H2/t10-/m0/s1. The molecule has 2 rings (SSSR count). The number of aryl methyl sites for hydroxylation is 1. The highest BCUT2D eigenvalue weighted by atomic mass is 16.5. The first-order valence-corrected chi connectivity index (χ1v) is 4.93. The largest absolute Gasteiger partial charge is 0.462 e. The molecule has 1 aromatic rings. The molecule has 3 heteroatoms. The molecule has 1 saturated heterocycles. The summed E-state index contributed by atoms with van der Waals surface area (Å²) in [7, 11) is 0. The quantitative estimate of drug-likeness (QED) is 0.683. The lowest BCUT2D eigenvalue weighted by molar-refractivity contribution is -0.141. The summed E-state index contributed by atoms with van der Waals surface area (Å²) >= 11 is 0. The predicted molar refractivity (Wildman–Crippen MR) is 51.7 cm³/mol. The van der Waals surface area contributed by atoms with E-state index in [0.717, 1.165) is 19.3 Å². The maximum atomic E-state index is 10.8. The number of aromatic nitrogens is 1. The van der Waals surface area contributed by atoms with Gasteiger partial charge in [0.25, 0.3) is 0 Å². The Morgan fingerprint density at radius 2 is 2.50 bits per heavy atom. The fraction of sp³-hybridized carbons (Fsp3) is 0.455. The van der Waals surface area contributed by atoms with E-state index < -0.39 is 0 Å². The molecule has 3 nitrogen and oxygen atoms in total. The molecule has 1 aromatic heterocycles. The van der Waals surface area contributed by atoms with Gasteiger partial charge >= 0.3 is 5.97 Å².